The molecule has 3 heterocycles. The zero-order valence-electron chi connectivity index (χ0n) is 15.3. The molecule has 0 spiro atoms. The van der Waals surface area contributed by atoms with Crippen molar-refractivity contribution in [2.24, 2.45) is 7.05 Å². The SMILES string of the molecule is Cc1noc(C)c1[C@@H](C)CNC(=O)N1CCN(c2cnn(C)c2)CC1. The summed E-state index contributed by atoms with van der Waals surface area (Å²) in [5.74, 6) is 0.996. The van der Waals surface area contributed by atoms with Crippen LogP contribution in [0.5, 0.6) is 0 Å². The van der Waals surface area contributed by atoms with Crippen molar-refractivity contribution in [3.8, 4) is 0 Å². The Morgan fingerprint density at radius 3 is 2.60 bits per heavy atom. The molecule has 1 fully saturated rings. The van der Waals surface area contributed by atoms with E-state index >= 15 is 0 Å². The van der Waals surface area contributed by atoms with Gasteiger partial charge in [-0.15, -0.1) is 0 Å². The largest absolute Gasteiger partial charge is 0.365 e. The van der Waals surface area contributed by atoms with E-state index in [0.29, 0.717) is 19.6 Å². The summed E-state index contributed by atoms with van der Waals surface area (Å²) in [6.07, 6.45) is 3.86. The minimum atomic E-state index is -0.00977. The topological polar surface area (TPSA) is 79.4 Å². The van der Waals surface area contributed by atoms with Gasteiger partial charge in [-0.1, -0.05) is 12.1 Å². The van der Waals surface area contributed by atoms with E-state index < -0.39 is 0 Å². The molecule has 2 aromatic heterocycles. The second-order valence-electron chi connectivity index (χ2n) is 6.67. The van der Waals surface area contributed by atoms with Crippen LogP contribution in [0.4, 0.5) is 10.5 Å². The molecule has 1 atom stereocenters. The molecule has 25 heavy (non-hydrogen) atoms. The van der Waals surface area contributed by atoms with Gasteiger partial charge in [0, 0.05) is 57.4 Å². The quantitative estimate of drug-likeness (QED) is 0.911. The number of urea groups is 1. The lowest BCUT2D eigenvalue weighted by Crippen LogP contribution is -2.52. The van der Waals surface area contributed by atoms with Gasteiger partial charge >= 0.3 is 6.03 Å². The fourth-order valence-electron chi connectivity index (χ4n) is 3.39. The highest BCUT2D eigenvalue weighted by molar-refractivity contribution is 5.74. The van der Waals surface area contributed by atoms with Crippen molar-refractivity contribution in [3.63, 3.8) is 0 Å². The lowest BCUT2D eigenvalue weighted by molar-refractivity contribution is 0.194. The van der Waals surface area contributed by atoms with Crippen molar-refractivity contribution in [3.05, 3.63) is 29.4 Å². The summed E-state index contributed by atoms with van der Waals surface area (Å²) in [6.45, 7) is 9.54. The fourth-order valence-corrected chi connectivity index (χ4v) is 3.39. The molecule has 1 saturated heterocycles. The zero-order chi connectivity index (χ0) is 18.0. The van der Waals surface area contributed by atoms with E-state index in [9.17, 15) is 4.79 Å². The Hall–Kier alpha value is -2.51. The Morgan fingerprint density at radius 2 is 2.04 bits per heavy atom. The summed E-state index contributed by atoms with van der Waals surface area (Å²) in [5.41, 5.74) is 3.08. The van der Waals surface area contributed by atoms with Gasteiger partial charge in [0.15, 0.2) is 0 Å². The number of amides is 2. The number of carbonyl (C=O) groups excluding carboxylic acids is 1. The minimum absolute atomic E-state index is 0.00977. The Labute approximate surface area is 147 Å². The zero-order valence-corrected chi connectivity index (χ0v) is 15.3. The van der Waals surface area contributed by atoms with Crippen LogP contribution in [-0.2, 0) is 7.05 Å². The van der Waals surface area contributed by atoms with Gasteiger partial charge < -0.3 is 19.6 Å². The molecular weight excluding hydrogens is 320 g/mol. The van der Waals surface area contributed by atoms with Crippen LogP contribution < -0.4 is 10.2 Å². The third-order valence-electron chi connectivity index (χ3n) is 4.76. The molecule has 1 aliphatic rings. The molecule has 0 saturated carbocycles. The molecule has 8 heteroatoms. The Morgan fingerprint density at radius 1 is 1.32 bits per heavy atom. The number of rotatable bonds is 4. The van der Waals surface area contributed by atoms with Crippen LogP contribution in [0.25, 0.3) is 0 Å². The highest BCUT2D eigenvalue weighted by Crippen LogP contribution is 2.22. The fraction of sp³-hybridized carbons (Fsp3) is 0.588. The maximum Gasteiger partial charge on any atom is 0.317 e. The van der Waals surface area contributed by atoms with Gasteiger partial charge in [0.05, 0.1) is 17.6 Å². The van der Waals surface area contributed by atoms with Crippen molar-refractivity contribution < 1.29 is 9.32 Å². The Bertz CT molecular complexity index is 710. The Balaban J connectivity index is 1.48. The monoisotopic (exact) mass is 346 g/mol. The molecule has 0 unspecified atom stereocenters. The number of anilines is 1. The highest BCUT2D eigenvalue weighted by atomic mass is 16.5. The maximum absolute atomic E-state index is 12.4. The Kier molecular flexibility index (Phi) is 4.96. The van der Waals surface area contributed by atoms with Crippen LogP contribution in [0, 0.1) is 13.8 Å². The van der Waals surface area contributed by atoms with Crippen molar-refractivity contribution >= 4 is 11.7 Å². The maximum atomic E-state index is 12.4. The number of aryl methyl sites for hydroxylation is 3. The van der Waals surface area contributed by atoms with Crippen molar-refractivity contribution in [1.82, 2.24) is 25.2 Å². The molecule has 136 valence electrons. The number of aromatic nitrogens is 3. The molecule has 0 bridgehead atoms. The van der Waals surface area contributed by atoms with E-state index in [1.54, 1.807) is 4.68 Å². The average Bonchev–Trinajstić information content (AvgIpc) is 3.18. The molecule has 2 aromatic rings. The third kappa shape index (κ3) is 3.78. The first-order valence-electron chi connectivity index (χ1n) is 8.65. The van der Waals surface area contributed by atoms with E-state index in [1.807, 2.05) is 38.2 Å². The predicted molar refractivity (Wildman–Crippen MR) is 94.8 cm³/mol. The van der Waals surface area contributed by atoms with Crippen molar-refractivity contribution in [2.45, 2.75) is 26.7 Å². The minimum Gasteiger partial charge on any atom is -0.365 e. The van der Waals surface area contributed by atoms with E-state index in [-0.39, 0.29) is 11.9 Å². The van der Waals surface area contributed by atoms with Crippen molar-refractivity contribution in [2.75, 3.05) is 37.6 Å². The second-order valence-corrected chi connectivity index (χ2v) is 6.67. The highest BCUT2D eigenvalue weighted by Gasteiger charge is 2.23. The molecule has 0 aliphatic carbocycles. The van der Waals surface area contributed by atoms with E-state index in [4.69, 9.17) is 4.52 Å². The average molecular weight is 346 g/mol. The number of hydrogen-bond donors (Lipinski definition) is 1. The lowest BCUT2D eigenvalue weighted by atomic mass is 10.00. The van der Waals surface area contributed by atoms with Gasteiger partial charge in [0.2, 0.25) is 0 Å². The summed E-state index contributed by atoms with van der Waals surface area (Å²) in [6, 6.07) is -0.00977. The van der Waals surface area contributed by atoms with Gasteiger partial charge in [-0.2, -0.15) is 5.10 Å². The first kappa shape index (κ1) is 17.3. The van der Waals surface area contributed by atoms with E-state index in [1.165, 1.54) is 0 Å². The number of hydrogen-bond acceptors (Lipinski definition) is 5. The van der Waals surface area contributed by atoms with Crippen LogP contribution in [0.15, 0.2) is 16.9 Å². The van der Waals surface area contributed by atoms with Gasteiger partial charge in [0.1, 0.15) is 5.76 Å². The van der Waals surface area contributed by atoms with E-state index in [0.717, 1.165) is 35.8 Å². The van der Waals surface area contributed by atoms with Gasteiger partial charge in [0.25, 0.3) is 0 Å². The summed E-state index contributed by atoms with van der Waals surface area (Å²) in [7, 11) is 1.91. The molecule has 2 amide bonds. The lowest BCUT2D eigenvalue weighted by Gasteiger charge is -2.35. The molecular formula is C17H26N6O2. The molecule has 1 aliphatic heterocycles. The van der Waals surface area contributed by atoms with E-state index in [2.05, 4.69) is 27.4 Å². The van der Waals surface area contributed by atoms with Crippen LogP contribution >= 0.6 is 0 Å². The standard InChI is InChI=1S/C17H26N6O2/c1-12(16-13(2)20-25-14(16)3)9-18-17(24)23-7-5-22(6-8-23)15-10-19-21(4)11-15/h10-12H,5-9H2,1-4H3,(H,18,24)/t12-/m0/s1. The summed E-state index contributed by atoms with van der Waals surface area (Å²) in [4.78, 5) is 16.6. The summed E-state index contributed by atoms with van der Waals surface area (Å²) < 4.78 is 7.01. The number of nitrogens with one attached hydrogen (secondary N) is 1. The molecule has 0 radical (unpaired) electrons. The summed E-state index contributed by atoms with van der Waals surface area (Å²) in [5, 5.41) is 11.2. The predicted octanol–water partition coefficient (Wildman–Crippen LogP) is 1.66. The number of carbonyl (C=O) groups is 1. The first-order chi connectivity index (χ1) is 12.0. The second kappa shape index (κ2) is 7.16. The van der Waals surface area contributed by atoms with Crippen LogP contribution in [0.3, 0.4) is 0 Å². The van der Waals surface area contributed by atoms with Crippen LogP contribution in [0.2, 0.25) is 0 Å². The van der Waals surface area contributed by atoms with Gasteiger partial charge in [-0.25, -0.2) is 4.79 Å². The normalized spacial score (nSPS) is 16.2. The first-order valence-corrected chi connectivity index (χ1v) is 8.65. The smallest absolute Gasteiger partial charge is 0.317 e. The van der Waals surface area contributed by atoms with Crippen LogP contribution in [-0.4, -0.2) is 58.6 Å². The molecule has 3 rings (SSSR count). The summed E-state index contributed by atoms with van der Waals surface area (Å²) >= 11 is 0. The third-order valence-corrected chi connectivity index (χ3v) is 4.76. The number of piperazine rings is 1. The van der Waals surface area contributed by atoms with Gasteiger partial charge in [-0.3, -0.25) is 4.68 Å². The molecule has 0 aromatic carbocycles. The van der Waals surface area contributed by atoms with Crippen molar-refractivity contribution in [1.29, 1.82) is 0 Å². The molecule has 1 N–H and O–H groups in total. The van der Waals surface area contributed by atoms with Gasteiger partial charge in [-0.05, 0) is 13.8 Å². The number of nitrogens with zero attached hydrogens (tertiary/aromatic N) is 5. The molecule has 8 nitrogen and oxygen atoms in total. The van der Waals surface area contributed by atoms with Crippen LogP contribution in [0.1, 0.15) is 29.9 Å².